The standard InChI is InChI=1S/C23H32ClFO2Si/c1-2-3-4-13-28-14-11-18(12-15-28)17-5-8-20(9-6-17)27-23(26)21-10-7-19(24)16-22(21)25/h2,7,10,16-18,20,28H,1,3-6,8-9,11-15H2. The minimum atomic E-state index is -0.611. The van der Waals surface area contributed by atoms with Crippen LogP contribution in [0.15, 0.2) is 30.9 Å². The van der Waals surface area contributed by atoms with Gasteiger partial charge < -0.3 is 4.74 Å². The maximum absolute atomic E-state index is 13.9. The van der Waals surface area contributed by atoms with Gasteiger partial charge in [-0.3, -0.25) is 0 Å². The fourth-order valence-electron chi connectivity index (χ4n) is 5.05. The van der Waals surface area contributed by atoms with E-state index in [-0.39, 0.29) is 16.7 Å². The summed E-state index contributed by atoms with van der Waals surface area (Å²) in [6.07, 6.45) is 11.4. The molecular formula is C23H32ClFO2Si. The number of allylic oxidation sites excluding steroid dienone is 1. The van der Waals surface area contributed by atoms with Crippen LogP contribution in [0.4, 0.5) is 4.39 Å². The topological polar surface area (TPSA) is 26.3 Å². The Bertz CT molecular complexity index is 665. The Labute approximate surface area is 175 Å². The summed E-state index contributed by atoms with van der Waals surface area (Å²) in [4.78, 5) is 12.3. The number of hydrogen-bond donors (Lipinski definition) is 0. The van der Waals surface area contributed by atoms with Crippen LogP contribution in [-0.2, 0) is 4.74 Å². The van der Waals surface area contributed by atoms with E-state index >= 15 is 0 Å². The van der Waals surface area contributed by atoms with Gasteiger partial charge in [0.2, 0.25) is 0 Å². The number of esters is 1. The number of hydrogen-bond acceptors (Lipinski definition) is 2. The van der Waals surface area contributed by atoms with Crippen molar-refractivity contribution >= 4 is 26.4 Å². The molecule has 1 aromatic carbocycles. The smallest absolute Gasteiger partial charge is 0.341 e. The maximum Gasteiger partial charge on any atom is 0.341 e. The first kappa shape index (κ1) is 21.6. The molecule has 154 valence electrons. The predicted molar refractivity (Wildman–Crippen MR) is 116 cm³/mol. The van der Waals surface area contributed by atoms with Crippen molar-refractivity contribution in [2.45, 2.75) is 75.6 Å². The molecule has 0 radical (unpaired) electrons. The maximum atomic E-state index is 13.9. The van der Waals surface area contributed by atoms with Gasteiger partial charge >= 0.3 is 5.97 Å². The van der Waals surface area contributed by atoms with Crippen molar-refractivity contribution in [1.29, 1.82) is 0 Å². The number of halogens is 2. The molecule has 0 spiro atoms. The minimum Gasteiger partial charge on any atom is -0.459 e. The Balaban J connectivity index is 1.40. The van der Waals surface area contributed by atoms with Crippen molar-refractivity contribution in [3.05, 3.63) is 47.3 Å². The molecule has 3 rings (SSSR count). The molecule has 1 aliphatic heterocycles. The fourth-order valence-corrected chi connectivity index (χ4v) is 8.68. The van der Waals surface area contributed by atoms with E-state index in [2.05, 4.69) is 6.58 Å². The lowest BCUT2D eigenvalue weighted by Gasteiger charge is -2.37. The van der Waals surface area contributed by atoms with Gasteiger partial charge in [0, 0.05) is 13.8 Å². The van der Waals surface area contributed by atoms with Gasteiger partial charge in [-0.2, -0.15) is 0 Å². The largest absolute Gasteiger partial charge is 0.459 e. The number of unbranched alkanes of at least 4 members (excludes halogenated alkanes) is 1. The molecule has 5 heteroatoms. The average Bonchev–Trinajstić information content (AvgIpc) is 2.69. The van der Waals surface area contributed by atoms with Crippen LogP contribution in [0.3, 0.4) is 0 Å². The Hall–Kier alpha value is -1.13. The SMILES string of the molecule is C=CCCC[SiH]1CCC(C2CCC(OC(=O)c3ccc(Cl)cc3F)CC2)CC1. The third kappa shape index (κ3) is 5.93. The highest BCUT2D eigenvalue weighted by atomic mass is 35.5. The van der Waals surface area contributed by atoms with Gasteiger partial charge in [0.05, 0.1) is 5.56 Å². The van der Waals surface area contributed by atoms with Crippen LogP contribution in [0.2, 0.25) is 23.2 Å². The average molecular weight is 423 g/mol. The predicted octanol–water partition coefficient (Wildman–Crippen LogP) is 6.80. The van der Waals surface area contributed by atoms with Crippen LogP contribution < -0.4 is 0 Å². The van der Waals surface area contributed by atoms with Crippen LogP contribution in [-0.4, -0.2) is 20.9 Å². The summed E-state index contributed by atoms with van der Waals surface area (Å²) in [5.74, 6) is 0.475. The molecule has 2 aliphatic rings. The zero-order valence-electron chi connectivity index (χ0n) is 16.7. The van der Waals surface area contributed by atoms with Crippen molar-refractivity contribution in [2.75, 3.05) is 0 Å². The van der Waals surface area contributed by atoms with E-state index in [1.54, 1.807) is 0 Å². The molecular weight excluding hydrogens is 391 g/mol. The Morgan fingerprint density at radius 2 is 1.86 bits per heavy atom. The molecule has 0 N–H and O–H groups in total. The van der Waals surface area contributed by atoms with E-state index in [1.165, 1.54) is 55.9 Å². The first-order valence-corrected chi connectivity index (χ1v) is 13.7. The number of carbonyl (C=O) groups excluding carboxylic acids is 1. The zero-order chi connectivity index (χ0) is 19.9. The summed E-state index contributed by atoms with van der Waals surface area (Å²) in [6.45, 7) is 3.83. The summed E-state index contributed by atoms with van der Waals surface area (Å²) in [5, 5.41) is 0.285. The number of carbonyl (C=O) groups is 1. The van der Waals surface area contributed by atoms with E-state index in [1.807, 2.05) is 6.08 Å². The second-order valence-electron chi connectivity index (χ2n) is 8.57. The third-order valence-corrected chi connectivity index (χ3v) is 10.5. The lowest BCUT2D eigenvalue weighted by molar-refractivity contribution is 0.0122. The number of rotatable bonds is 7. The molecule has 1 saturated heterocycles. The highest BCUT2D eigenvalue weighted by Crippen LogP contribution is 2.40. The monoisotopic (exact) mass is 422 g/mol. The van der Waals surface area contributed by atoms with Crippen LogP contribution in [0.5, 0.6) is 0 Å². The van der Waals surface area contributed by atoms with Gasteiger partial charge in [0.15, 0.2) is 0 Å². The van der Waals surface area contributed by atoms with E-state index in [9.17, 15) is 9.18 Å². The second kappa shape index (κ2) is 10.6. The molecule has 0 atom stereocenters. The van der Waals surface area contributed by atoms with Crippen LogP contribution >= 0.6 is 11.6 Å². The molecule has 2 nitrogen and oxygen atoms in total. The molecule has 0 aromatic heterocycles. The van der Waals surface area contributed by atoms with Crippen LogP contribution in [0, 0.1) is 17.7 Å². The van der Waals surface area contributed by atoms with Crippen molar-refractivity contribution in [3.8, 4) is 0 Å². The molecule has 2 fully saturated rings. The summed E-state index contributed by atoms with van der Waals surface area (Å²) in [5.41, 5.74) is -0.0220. The summed E-state index contributed by atoms with van der Waals surface area (Å²) >= 11 is 5.75. The van der Waals surface area contributed by atoms with E-state index in [0.29, 0.717) is 0 Å². The molecule has 1 aromatic rings. The Kier molecular flexibility index (Phi) is 8.16. The Morgan fingerprint density at radius 3 is 2.50 bits per heavy atom. The molecule has 0 amide bonds. The summed E-state index contributed by atoms with van der Waals surface area (Å²) < 4.78 is 19.5. The van der Waals surface area contributed by atoms with Gasteiger partial charge in [-0.25, -0.2) is 9.18 Å². The zero-order valence-corrected chi connectivity index (χ0v) is 18.6. The highest BCUT2D eigenvalue weighted by molar-refractivity contribution is 6.58. The molecule has 28 heavy (non-hydrogen) atoms. The molecule has 1 heterocycles. The first-order chi connectivity index (χ1) is 13.6. The van der Waals surface area contributed by atoms with Gasteiger partial charge in [0.25, 0.3) is 0 Å². The van der Waals surface area contributed by atoms with Crippen molar-refractivity contribution in [1.82, 2.24) is 0 Å². The first-order valence-electron chi connectivity index (χ1n) is 10.8. The van der Waals surface area contributed by atoms with Gasteiger partial charge in [-0.05, 0) is 62.1 Å². The van der Waals surface area contributed by atoms with Gasteiger partial charge in [0.1, 0.15) is 11.9 Å². The van der Waals surface area contributed by atoms with Crippen molar-refractivity contribution in [3.63, 3.8) is 0 Å². The third-order valence-electron chi connectivity index (χ3n) is 6.72. The molecule has 1 aliphatic carbocycles. The second-order valence-corrected chi connectivity index (χ2v) is 12.5. The van der Waals surface area contributed by atoms with E-state index < -0.39 is 20.6 Å². The van der Waals surface area contributed by atoms with E-state index in [4.69, 9.17) is 16.3 Å². The summed E-state index contributed by atoms with van der Waals surface area (Å²) in [6, 6.07) is 8.59. The molecule has 0 unspecified atom stereocenters. The van der Waals surface area contributed by atoms with Gasteiger partial charge in [-0.1, -0.05) is 55.1 Å². The lowest BCUT2D eigenvalue weighted by atomic mass is 9.76. The van der Waals surface area contributed by atoms with Crippen LogP contribution in [0.25, 0.3) is 0 Å². The Morgan fingerprint density at radius 1 is 1.18 bits per heavy atom. The normalized spacial score (nSPS) is 27.9. The molecule has 0 bridgehead atoms. The fraction of sp³-hybridized carbons (Fsp3) is 0.609. The lowest BCUT2D eigenvalue weighted by Crippen LogP contribution is -2.31. The highest BCUT2D eigenvalue weighted by Gasteiger charge is 2.32. The number of benzene rings is 1. The minimum absolute atomic E-state index is 0.0220. The molecule has 1 saturated carbocycles. The van der Waals surface area contributed by atoms with Gasteiger partial charge in [-0.15, -0.1) is 6.58 Å². The van der Waals surface area contributed by atoms with E-state index in [0.717, 1.165) is 43.6 Å². The number of ether oxygens (including phenoxy) is 1. The van der Waals surface area contributed by atoms with Crippen LogP contribution in [0.1, 0.15) is 61.7 Å². The quantitative estimate of drug-likeness (QED) is 0.209. The summed E-state index contributed by atoms with van der Waals surface area (Å²) in [7, 11) is -0.488. The van der Waals surface area contributed by atoms with Crippen molar-refractivity contribution in [2.24, 2.45) is 11.8 Å². The van der Waals surface area contributed by atoms with Crippen molar-refractivity contribution < 1.29 is 13.9 Å².